The van der Waals surface area contributed by atoms with Gasteiger partial charge in [0, 0.05) is 6.54 Å². The summed E-state index contributed by atoms with van der Waals surface area (Å²) < 4.78 is 0. The van der Waals surface area contributed by atoms with Gasteiger partial charge in [0.1, 0.15) is 0 Å². The number of rotatable bonds is 4. The molecule has 2 atom stereocenters. The topological polar surface area (TPSA) is 3.24 Å². The van der Waals surface area contributed by atoms with E-state index in [2.05, 4.69) is 25.8 Å². The molecule has 0 amide bonds. The van der Waals surface area contributed by atoms with E-state index in [1.54, 1.807) is 0 Å². The van der Waals surface area contributed by atoms with Gasteiger partial charge in [-0.05, 0) is 31.8 Å². The third-order valence-electron chi connectivity index (χ3n) is 3.28. The Morgan fingerprint density at radius 3 is 2.58 bits per heavy atom. The van der Waals surface area contributed by atoms with E-state index in [1.165, 1.54) is 38.8 Å². The largest absolute Gasteiger partial charge is 0.306 e. The van der Waals surface area contributed by atoms with Crippen LogP contribution in [0.4, 0.5) is 0 Å². The first-order chi connectivity index (χ1) is 5.77. The smallest absolute Gasteiger partial charge is 0.000973 e. The Morgan fingerprint density at radius 1 is 1.42 bits per heavy atom. The molecule has 1 rings (SSSR count). The Balaban J connectivity index is 2.33. The summed E-state index contributed by atoms with van der Waals surface area (Å²) in [6.07, 6.45) is 5.62. The van der Waals surface area contributed by atoms with Crippen LogP contribution in [0.15, 0.2) is 0 Å². The highest BCUT2D eigenvalue weighted by Gasteiger charge is 2.25. The maximum absolute atomic E-state index is 2.48. The summed E-state index contributed by atoms with van der Waals surface area (Å²) in [4.78, 5) is 2.48. The van der Waals surface area contributed by atoms with Gasteiger partial charge in [0.2, 0.25) is 0 Å². The summed E-state index contributed by atoms with van der Waals surface area (Å²) >= 11 is 0. The normalized spacial score (nSPS) is 27.8. The van der Waals surface area contributed by atoms with E-state index in [4.69, 9.17) is 0 Å². The lowest BCUT2D eigenvalue weighted by atomic mass is 9.86. The van der Waals surface area contributed by atoms with Crippen LogP contribution >= 0.6 is 0 Å². The van der Waals surface area contributed by atoms with Crippen molar-refractivity contribution in [3.8, 4) is 0 Å². The zero-order valence-electron chi connectivity index (χ0n) is 8.84. The van der Waals surface area contributed by atoms with Crippen LogP contribution in [0.25, 0.3) is 0 Å². The highest BCUT2D eigenvalue weighted by Crippen LogP contribution is 2.28. The second-order valence-corrected chi connectivity index (χ2v) is 4.27. The molecule has 2 unspecified atom stereocenters. The highest BCUT2D eigenvalue weighted by molar-refractivity contribution is 4.78. The van der Waals surface area contributed by atoms with Gasteiger partial charge in [-0.3, -0.25) is 0 Å². The van der Waals surface area contributed by atoms with E-state index in [1.807, 2.05) is 0 Å². The molecule has 0 radical (unpaired) electrons. The van der Waals surface area contributed by atoms with Crippen LogP contribution in [0.1, 0.15) is 39.5 Å². The SMILES string of the molecule is CCCC(CC)C1CCN(C)C1. The van der Waals surface area contributed by atoms with Gasteiger partial charge in [0.05, 0.1) is 0 Å². The third-order valence-corrected chi connectivity index (χ3v) is 3.28. The molecule has 0 aromatic carbocycles. The van der Waals surface area contributed by atoms with Crippen molar-refractivity contribution in [1.29, 1.82) is 0 Å². The second-order valence-electron chi connectivity index (χ2n) is 4.27. The molecule has 0 spiro atoms. The first-order valence-corrected chi connectivity index (χ1v) is 5.46. The van der Waals surface area contributed by atoms with Crippen molar-refractivity contribution in [2.24, 2.45) is 11.8 Å². The monoisotopic (exact) mass is 169 g/mol. The van der Waals surface area contributed by atoms with E-state index in [0.717, 1.165) is 11.8 Å². The van der Waals surface area contributed by atoms with Gasteiger partial charge in [0.15, 0.2) is 0 Å². The van der Waals surface area contributed by atoms with Gasteiger partial charge in [-0.25, -0.2) is 0 Å². The quantitative estimate of drug-likeness (QED) is 0.625. The van der Waals surface area contributed by atoms with Crippen molar-refractivity contribution in [1.82, 2.24) is 4.90 Å². The number of likely N-dealkylation sites (tertiary alicyclic amines) is 1. The molecule has 1 saturated heterocycles. The zero-order chi connectivity index (χ0) is 8.97. The Hall–Kier alpha value is -0.0400. The average Bonchev–Trinajstić information content (AvgIpc) is 2.47. The van der Waals surface area contributed by atoms with Gasteiger partial charge < -0.3 is 4.90 Å². The number of hydrogen-bond acceptors (Lipinski definition) is 1. The fraction of sp³-hybridized carbons (Fsp3) is 1.00. The fourth-order valence-electron chi connectivity index (χ4n) is 2.50. The highest BCUT2D eigenvalue weighted by atomic mass is 15.1. The number of nitrogens with zero attached hydrogens (tertiary/aromatic N) is 1. The van der Waals surface area contributed by atoms with Crippen molar-refractivity contribution in [2.45, 2.75) is 39.5 Å². The van der Waals surface area contributed by atoms with E-state index in [9.17, 15) is 0 Å². The molecular formula is C11H23N. The van der Waals surface area contributed by atoms with Crippen molar-refractivity contribution in [3.63, 3.8) is 0 Å². The minimum absolute atomic E-state index is 1.000. The van der Waals surface area contributed by atoms with Crippen LogP contribution in [0.3, 0.4) is 0 Å². The molecule has 0 saturated carbocycles. The van der Waals surface area contributed by atoms with E-state index < -0.39 is 0 Å². The zero-order valence-corrected chi connectivity index (χ0v) is 8.84. The predicted molar refractivity (Wildman–Crippen MR) is 54.3 cm³/mol. The second kappa shape index (κ2) is 4.86. The molecule has 1 heteroatoms. The van der Waals surface area contributed by atoms with Crippen molar-refractivity contribution < 1.29 is 0 Å². The van der Waals surface area contributed by atoms with E-state index >= 15 is 0 Å². The van der Waals surface area contributed by atoms with Crippen LogP contribution in [0, 0.1) is 11.8 Å². The molecule has 1 aliphatic rings. The fourth-order valence-corrected chi connectivity index (χ4v) is 2.50. The summed E-state index contributed by atoms with van der Waals surface area (Å²) in [7, 11) is 2.25. The first-order valence-electron chi connectivity index (χ1n) is 5.46. The van der Waals surface area contributed by atoms with Gasteiger partial charge in [-0.1, -0.05) is 33.1 Å². The molecular weight excluding hydrogens is 146 g/mol. The maximum atomic E-state index is 2.48. The third kappa shape index (κ3) is 2.48. The maximum Gasteiger partial charge on any atom is 0.000973 e. The Labute approximate surface area is 77.1 Å². The molecule has 0 aromatic rings. The Bertz CT molecular complexity index is 120. The first kappa shape index (κ1) is 10.0. The Kier molecular flexibility index (Phi) is 4.07. The molecule has 1 heterocycles. The van der Waals surface area contributed by atoms with E-state index in [-0.39, 0.29) is 0 Å². The minimum atomic E-state index is 1.000. The lowest BCUT2D eigenvalue weighted by molar-refractivity contribution is 0.294. The molecule has 0 aliphatic carbocycles. The Morgan fingerprint density at radius 2 is 2.17 bits per heavy atom. The molecule has 72 valence electrons. The van der Waals surface area contributed by atoms with Crippen LogP contribution in [-0.2, 0) is 0 Å². The lowest BCUT2D eigenvalue weighted by Gasteiger charge is -2.21. The van der Waals surface area contributed by atoms with Gasteiger partial charge in [0.25, 0.3) is 0 Å². The van der Waals surface area contributed by atoms with Crippen LogP contribution in [-0.4, -0.2) is 25.0 Å². The average molecular weight is 169 g/mol. The van der Waals surface area contributed by atoms with Gasteiger partial charge in [-0.15, -0.1) is 0 Å². The molecule has 1 fully saturated rings. The van der Waals surface area contributed by atoms with Gasteiger partial charge in [-0.2, -0.15) is 0 Å². The molecule has 1 aliphatic heterocycles. The molecule has 12 heavy (non-hydrogen) atoms. The predicted octanol–water partition coefficient (Wildman–Crippen LogP) is 2.76. The van der Waals surface area contributed by atoms with Crippen LogP contribution < -0.4 is 0 Å². The van der Waals surface area contributed by atoms with Crippen molar-refractivity contribution >= 4 is 0 Å². The summed E-state index contributed by atoms with van der Waals surface area (Å²) in [6, 6.07) is 0. The van der Waals surface area contributed by atoms with Crippen molar-refractivity contribution in [3.05, 3.63) is 0 Å². The van der Waals surface area contributed by atoms with Crippen LogP contribution in [0.2, 0.25) is 0 Å². The van der Waals surface area contributed by atoms with E-state index in [0.29, 0.717) is 0 Å². The number of hydrogen-bond donors (Lipinski definition) is 0. The van der Waals surface area contributed by atoms with Crippen molar-refractivity contribution in [2.75, 3.05) is 20.1 Å². The van der Waals surface area contributed by atoms with Gasteiger partial charge >= 0.3 is 0 Å². The summed E-state index contributed by atoms with van der Waals surface area (Å²) in [6.45, 7) is 7.32. The summed E-state index contributed by atoms with van der Waals surface area (Å²) in [5.74, 6) is 2.00. The summed E-state index contributed by atoms with van der Waals surface area (Å²) in [5, 5.41) is 0. The standard InChI is InChI=1S/C11H23N/c1-4-6-10(5-2)11-7-8-12(3)9-11/h10-11H,4-9H2,1-3H3. The molecule has 0 aromatic heterocycles. The summed E-state index contributed by atoms with van der Waals surface area (Å²) in [5.41, 5.74) is 0. The molecule has 1 nitrogen and oxygen atoms in total. The van der Waals surface area contributed by atoms with Crippen LogP contribution in [0.5, 0.6) is 0 Å². The molecule has 0 bridgehead atoms. The molecule has 0 N–H and O–H groups in total. The lowest BCUT2D eigenvalue weighted by Crippen LogP contribution is -2.19. The minimum Gasteiger partial charge on any atom is -0.306 e.